The van der Waals surface area contributed by atoms with E-state index in [1.165, 1.54) is 5.70 Å². The molecule has 1 unspecified atom stereocenters. The predicted molar refractivity (Wildman–Crippen MR) is 79.2 cm³/mol. The Morgan fingerprint density at radius 3 is 3.00 bits per heavy atom. The molecular formula is C14H14N6. The number of nitrogen functional groups attached to an aromatic ring is 2. The summed E-state index contributed by atoms with van der Waals surface area (Å²) in [6, 6.07) is 1.84. The Morgan fingerprint density at radius 1 is 1.25 bits per heavy atom. The normalized spacial score (nSPS) is 20.5. The molecule has 2 aromatic heterocycles. The molecule has 0 radical (unpaired) electrons. The van der Waals surface area contributed by atoms with Crippen LogP contribution >= 0.6 is 0 Å². The van der Waals surface area contributed by atoms with Gasteiger partial charge in [0.25, 0.3) is 0 Å². The largest absolute Gasteiger partial charge is 0.384 e. The third-order valence-corrected chi connectivity index (χ3v) is 3.64. The Kier molecular flexibility index (Phi) is 2.14. The van der Waals surface area contributed by atoms with E-state index in [9.17, 15) is 0 Å². The van der Waals surface area contributed by atoms with Crippen LogP contribution in [0.15, 0.2) is 36.1 Å². The van der Waals surface area contributed by atoms with Gasteiger partial charge in [-0.1, -0.05) is 18.2 Å². The second-order valence-corrected chi connectivity index (χ2v) is 5.01. The van der Waals surface area contributed by atoms with Crippen LogP contribution in [0.4, 0.5) is 11.8 Å². The molecule has 0 fully saturated rings. The fourth-order valence-electron chi connectivity index (χ4n) is 2.73. The van der Waals surface area contributed by atoms with Gasteiger partial charge in [-0.15, -0.1) is 0 Å². The topological polar surface area (TPSA) is 106 Å². The van der Waals surface area contributed by atoms with Crippen LogP contribution in [-0.4, -0.2) is 15.0 Å². The van der Waals surface area contributed by atoms with Crippen molar-refractivity contribution >= 4 is 28.6 Å². The number of hydrogen-bond acceptors (Lipinski definition) is 5. The highest BCUT2D eigenvalue weighted by molar-refractivity contribution is 5.90. The highest BCUT2D eigenvalue weighted by Crippen LogP contribution is 2.34. The molecule has 4 rings (SSSR count). The van der Waals surface area contributed by atoms with Crippen molar-refractivity contribution in [3.63, 3.8) is 0 Å². The van der Waals surface area contributed by atoms with Crippen LogP contribution in [0.3, 0.4) is 0 Å². The molecule has 0 spiro atoms. The number of aromatic amines is 1. The highest BCUT2D eigenvalue weighted by Gasteiger charge is 2.24. The molecule has 1 aliphatic carbocycles. The lowest BCUT2D eigenvalue weighted by molar-refractivity contribution is 0.757. The minimum atomic E-state index is 0.344. The molecule has 0 bridgehead atoms. The van der Waals surface area contributed by atoms with Crippen molar-refractivity contribution in [2.45, 2.75) is 6.42 Å². The van der Waals surface area contributed by atoms with E-state index in [-0.39, 0.29) is 0 Å². The molecule has 100 valence electrons. The number of aromatic nitrogens is 3. The molecule has 0 saturated carbocycles. The van der Waals surface area contributed by atoms with Gasteiger partial charge < -0.3 is 21.8 Å². The first-order chi connectivity index (χ1) is 9.70. The Bertz CT molecular complexity index is 795. The van der Waals surface area contributed by atoms with Crippen LogP contribution in [-0.2, 0) is 0 Å². The van der Waals surface area contributed by atoms with Gasteiger partial charge >= 0.3 is 0 Å². The smallest absolute Gasteiger partial charge is 0.200 e. The minimum Gasteiger partial charge on any atom is -0.384 e. The van der Waals surface area contributed by atoms with Gasteiger partial charge in [0.15, 0.2) is 11.6 Å². The standard InChI is InChI=1S/C14H14N6/c15-11-6-8(12-13(18-11)20-14(16)19-12)10-5-7-3-1-2-4-9(7)17-10/h1-2,4-7,17H,3H2,(H5,15,16,18,19,20). The van der Waals surface area contributed by atoms with Gasteiger partial charge in [0.05, 0.1) is 5.52 Å². The summed E-state index contributed by atoms with van der Waals surface area (Å²) in [4.78, 5) is 11.4. The van der Waals surface area contributed by atoms with E-state index < -0.39 is 0 Å². The lowest BCUT2D eigenvalue weighted by atomic mass is 9.99. The predicted octanol–water partition coefficient (Wildman–Crippen LogP) is 1.53. The van der Waals surface area contributed by atoms with Crippen molar-refractivity contribution in [3.05, 3.63) is 41.6 Å². The third-order valence-electron chi connectivity index (χ3n) is 3.64. The number of nitrogens with zero attached hydrogens (tertiary/aromatic N) is 2. The first kappa shape index (κ1) is 11.1. The second-order valence-electron chi connectivity index (χ2n) is 5.01. The number of anilines is 2. The van der Waals surface area contributed by atoms with Gasteiger partial charge in [-0.25, -0.2) is 4.98 Å². The van der Waals surface area contributed by atoms with Gasteiger partial charge in [0.2, 0.25) is 0 Å². The number of imidazole rings is 1. The number of hydrogen-bond donors (Lipinski definition) is 4. The van der Waals surface area contributed by atoms with Crippen LogP contribution in [0.5, 0.6) is 0 Å². The zero-order valence-corrected chi connectivity index (χ0v) is 10.7. The molecule has 2 aliphatic rings. The van der Waals surface area contributed by atoms with Gasteiger partial charge in [-0.2, -0.15) is 4.98 Å². The average molecular weight is 266 g/mol. The first-order valence-electron chi connectivity index (χ1n) is 6.48. The lowest BCUT2D eigenvalue weighted by Crippen LogP contribution is -2.11. The van der Waals surface area contributed by atoms with Crippen molar-refractivity contribution < 1.29 is 0 Å². The molecule has 1 atom stereocenters. The van der Waals surface area contributed by atoms with Crippen molar-refractivity contribution in [3.8, 4) is 0 Å². The third kappa shape index (κ3) is 1.58. The van der Waals surface area contributed by atoms with Crippen LogP contribution in [0.25, 0.3) is 16.9 Å². The fourth-order valence-corrected chi connectivity index (χ4v) is 2.73. The molecule has 0 amide bonds. The van der Waals surface area contributed by atoms with Crippen LogP contribution in [0.2, 0.25) is 0 Å². The molecule has 0 saturated heterocycles. The maximum Gasteiger partial charge on any atom is 0.200 e. The molecule has 1 aliphatic heterocycles. The summed E-state index contributed by atoms with van der Waals surface area (Å²) in [6.45, 7) is 0. The summed E-state index contributed by atoms with van der Waals surface area (Å²) in [6.07, 6.45) is 9.55. The number of rotatable bonds is 1. The molecule has 2 aromatic rings. The number of H-pyrrole nitrogens is 1. The van der Waals surface area contributed by atoms with Crippen molar-refractivity contribution in [1.29, 1.82) is 0 Å². The quantitative estimate of drug-likeness (QED) is 0.626. The van der Waals surface area contributed by atoms with E-state index in [2.05, 4.69) is 44.6 Å². The summed E-state index contributed by atoms with van der Waals surface area (Å²) >= 11 is 0. The Labute approximate surface area is 115 Å². The van der Waals surface area contributed by atoms with E-state index in [1.54, 1.807) is 0 Å². The fraction of sp³-hybridized carbons (Fsp3) is 0.143. The van der Waals surface area contributed by atoms with Gasteiger partial charge in [-0.05, 0) is 18.6 Å². The number of nitrogens with two attached hydrogens (primary N) is 2. The van der Waals surface area contributed by atoms with E-state index in [0.29, 0.717) is 23.3 Å². The maximum absolute atomic E-state index is 5.86. The number of allylic oxidation sites excluding steroid dienone is 4. The van der Waals surface area contributed by atoms with Crippen LogP contribution in [0.1, 0.15) is 12.0 Å². The molecule has 6 heteroatoms. The number of fused-ring (bicyclic) bond motifs is 2. The summed E-state index contributed by atoms with van der Waals surface area (Å²) in [7, 11) is 0. The van der Waals surface area contributed by atoms with Gasteiger partial charge in [0, 0.05) is 22.9 Å². The zero-order chi connectivity index (χ0) is 13.7. The summed E-state index contributed by atoms with van der Waals surface area (Å²) in [5.74, 6) is 1.18. The van der Waals surface area contributed by atoms with Crippen molar-refractivity contribution in [1.82, 2.24) is 20.3 Å². The zero-order valence-electron chi connectivity index (χ0n) is 10.7. The van der Waals surface area contributed by atoms with E-state index >= 15 is 0 Å². The molecule has 3 heterocycles. The molecule has 6 nitrogen and oxygen atoms in total. The Hall–Kier alpha value is -2.76. The molecule has 6 N–H and O–H groups in total. The summed E-state index contributed by atoms with van der Waals surface area (Å²) in [5, 5.41) is 3.44. The van der Waals surface area contributed by atoms with E-state index in [4.69, 9.17) is 11.5 Å². The van der Waals surface area contributed by atoms with Crippen molar-refractivity contribution in [2.75, 3.05) is 11.5 Å². The second kappa shape index (κ2) is 3.86. The highest BCUT2D eigenvalue weighted by atomic mass is 15.1. The Morgan fingerprint density at radius 2 is 2.15 bits per heavy atom. The van der Waals surface area contributed by atoms with Crippen LogP contribution < -0.4 is 16.8 Å². The lowest BCUT2D eigenvalue weighted by Gasteiger charge is -2.12. The number of nitrogens with one attached hydrogen (secondary N) is 2. The van der Waals surface area contributed by atoms with Gasteiger partial charge in [-0.3, -0.25) is 0 Å². The summed E-state index contributed by atoms with van der Waals surface area (Å²) in [5.41, 5.74) is 16.1. The van der Waals surface area contributed by atoms with Gasteiger partial charge in [0.1, 0.15) is 5.82 Å². The first-order valence-corrected chi connectivity index (χ1v) is 6.48. The van der Waals surface area contributed by atoms with Crippen LogP contribution in [0, 0.1) is 5.92 Å². The molecule has 20 heavy (non-hydrogen) atoms. The number of pyridine rings is 1. The SMILES string of the molecule is Nc1cc(C2=CC3CC=CC=C3N2)c2[nH]c(N)nc2n1. The van der Waals surface area contributed by atoms with Crippen molar-refractivity contribution in [2.24, 2.45) is 5.92 Å². The molecular weight excluding hydrogens is 252 g/mol. The molecule has 0 aromatic carbocycles. The minimum absolute atomic E-state index is 0.344. The average Bonchev–Trinajstić information content (AvgIpc) is 2.99. The Balaban J connectivity index is 1.87. The monoisotopic (exact) mass is 266 g/mol. The maximum atomic E-state index is 5.86. The summed E-state index contributed by atoms with van der Waals surface area (Å²) < 4.78 is 0. The van der Waals surface area contributed by atoms with E-state index in [0.717, 1.165) is 23.2 Å². The van der Waals surface area contributed by atoms with E-state index in [1.807, 2.05) is 6.07 Å².